The number of methoxy groups -OCH3 is 1. The van der Waals surface area contributed by atoms with Crippen LogP contribution in [0.15, 0.2) is 36.4 Å². The van der Waals surface area contributed by atoms with Crippen LogP contribution in [0.25, 0.3) is 0 Å². The first-order valence-corrected chi connectivity index (χ1v) is 6.99. The van der Waals surface area contributed by atoms with Crippen LogP contribution in [-0.4, -0.2) is 13.1 Å². The highest BCUT2D eigenvalue weighted by Gasteiger charge is 2.10. The number of nitrogens with one attached hydrogen (secondary N) is 2. The zero-order chi connectivity index (χ0) is 15.4. The lowest BCUT2D eigenvalue weighted by Gasteiger charge is -2.12. The SMILES string of the molecule is COc1ccc(Cl)cc1NC(=O)Nc1cc(Cl)ccc1Cl. The van der Waals surface area contributed by atoms with Gasteiger partial charge in [-0.05, 0) is 36.4 Å². The van der Waals surface area contributed by atoms with Crippen LogP contribution in [-0.2, 0) is 0 Å². The van der Waals surface area contributed by atoms with E-state index in [1.165, 1.54) is 7.11 Å². The third-order valence-corrected chi connectivity index (χ3v) is 3.39. The van der Waals surface area contributed by atoms with Crippen molar-refractivity contribution in [3.05, 3.63) is 51.5 Å². The minimum Gasteiger partial charge on any atom is -0.495 e. The van der Waals surface area contributed by atoms with Gasteiger partial charge in [0.05, 0.1) is 23.5 Å². The minimum atomic E-state index is -0.486. The third kappa shape index (κ3) is 4.17. The number of ether oxygens (including phenoxy) is 1. The van der Waals surface area contributed by atoms with Gasteiger partial charge in [0.2, 0.25) is 0 Å². The zero-order valence-corrected chi connectivity index (χ0v) is 13.2. The normalized spacial score (nSPS) is 10.1. The van der Waals surface area contributed by atoms with E-state index >= 15 is 0 Å². The van der Waals surface area contributed by atoms with Gasteiger partial charge in [0.25, 0.3) is 0 Å². The van der Waals surface area contributed by atoms with Crippen molar-refractivity contribution in [3.63, 3.8) is 0 Å². The summed E-state index contributed by atoms with van der Waals surface area (Å²) < 4.78 is 5.15. The van der Waals surface area contributed by atoms with E-state index in [0.29, 0.717) is 32.2 Å². The molecule has 110 valence electrons. The fraction of sp³-hybridized carbons (Fsp3) is 0.0714. The number of carbonyl (C=O) groups is 1. The third-order valence-electron chi connectivity index (χ3n) is 2.59. The molecule has 0 spiro atoms. The van der Waals surface area contributed by atoms with E-state index in [1.807, 2.05) is 0 Å². The van der Waals surface area contributed by atoms with Gasteiger partial charge in [-0.25, -0.2) is 4.79 Å². The van der Waals surface area contributed by atoms with Gasteiger partial charge in [-0.3, -0.25) is 0 Å². The monoisotopic (exact) mass is 344 g/mol. The zero-order valence-electron chi connectivity index (χ0n) is 10.9. The molecule has 0 fully saturated rings. The predicted molar refractivity (Wildman–Crippen MR) is 87.1 cm³/mol. The first kappa shape index (κ1) is 15.8. The molecule has 0 aliphatic rings. The Morgan fingerprint density at radius 2 is 1.52 bits per heavy atom. The molecule has 0 heterocycles. The van der Waals surface area contributed by atoms with Crippen molar-refractivity contribution < 1.29 is 9.53 Å². The van der Waals surface area contributed by atoms with E-state index in [1.54, 1.807) is 36.4 Å². The minimum absolute atomic E-state index is 0.382. The van der Waals surface area contributed by atoms with Crippen molar-refractivity contribution in [2.45, 2.75) is 0 Å². The van der Waals surface area contributed by atoms with Crippen molar-refractivity contribution in [2.75, 3.05) is 17.7 Å². The quantitative estimate of drug-likeness (QED) is 0.793. The second-order valence-electron chi connectivity index (χ2n) is 4.05. The van der Waals surface area contributed by atoms with Crippen LogP contribution in [0.2, 0.25) is 15.1 Å². The van der Waals surface area contributed by atoms with Crippen molar-refractivity contribution in [2.24, 2.45) is 0 Å². The molecular weight excluding hydrogens is 335 g/mol. The van der Waals surface area contributed by atoms with Gasteiger partial charge >= 0.3 is 6.03 Å². The Morgan fingerprint density at radius 3 is 2.19 bits per heavy atom. The summed E-state index contributed by atoms with van der Waals surface area (Å²) in [7, 11) is 1.50. The lowest BCUT2D eigenvalue weighted by atomic mass is 10.3. The first-order chi connectivity index (χ1) is 9.99. The van der Waals surface area contributed by atoms with Crippen LogP contribution >= 0.6 is 34.8 Å². The highest BCUT2D eigenvalue weighted by molar-refractivity contribution is 6.35. The van der Waals surface area contributed by atoms with Crippen LogP contribution in [0.5, 0.6) is 5.75 Å². The Kier molecular flexibility index (Phi) is 5.17. The van der Waals surface area contributed by atoms with Gasteiger partial charge < -0.3 is 15.4 Å². The number of rotatable bonds is 3. The number of anilines is 2. The summed E-state index contributed by atoms with van der Waals surface area (Å²) in [6, 6.07) is 9.20. The summed E-state index contributed by atoms with van der Waals surface area (Å²) >= 11 is 17.7. The highest BCUT2D eigenvalue weighted by atomic mass is 35.5. The van der Waals surface area contributed by atoms with Gasteiger partial charge in [-0.1, -0.05) is 34.8 Å². The first-order valence-electron chi connectivity index (χ1n) is 5.86. The maximum Gasteiger partial charge on any atom is 0.323 e. The average Bonchev–Trinajstić information content (AvgIpc) is 2.43. The van der Waals surface area contributed by atoms with Crippen LogP contribution in [0, 0.1) is 0 Å². The number of hydrogen-bond donors (Lipinski definition) is 2. The Bertz CT molecular complexity index is 677. The summed E-state index contributed by atoms with van der Waals surface area (Å²) in [6.45, 7) is 0. The Morgan fingerprint density at radius 1 is 0.952 bits per heavy atom. The van der Waals surface area contributed by atoms with Gasteiger partial charge in [0, 0.05) is 10.0 Å². The van der Waals surface area contributed by atoms with E-state index in [4.69, 9.17) is 39.5 Å². The van der Waals surface area contributed by atoms with Crippen molar-refractivity contribution in [3.8, 4) is 5.75 Å². The van der Waals surface area contributed by atoms with Crippen LogP contribution in [0.4, 0.5) is 16.2 Å². The number of hydrogen-bond acceptors (Lipinski definition) is 2. The number of urea groups is 1. The molecule has 0 aliphatic heterocycles. The average molecular weight is 346 g/mol. The van der Waals surface area contributed by atoms with Crippen molar-refractivity contribution in [1.29, 1.82) is 0 Å². The van der Waals surface area contributed by atoms with Crippen molar-refractivity contribution >= 4 is 52.2 Å². The van der Waals surface area contributed by atoms with Crippen LogP contribution in [0.1, 0.15) is 0 Å². The lowest BCUT2D eigenvalue weighted by Crippen LogP contribution is -2.20. The largest absolute Gasteiger partial charge is 0.495 e. The van der Waals surface area contributed by atoms with E-state index < -0.39 is 6.03 Å². The molecule has 0 radical (unpaired) electrons. The van der Waals surface area contributed by atoms with E-state index in [2.05, 4.69) is 10.6 Å². The maximum absolute atomic E-state index is 12.0. The summed E-state index contributed by atoms with van der Waals surface area (Å²) in [5.74, 6) is 0.492. The van der Waals surface area contributed by atoms with E-state index in [0.717, 1.165) is 0 Å². The molecule has 4 nitrogen and oxygen atoms in total. The second kappa shape index (κ2) is 6.89. The number of carbonyl (C=O) groups excluding carboxylic acids is 1. The molecule has 0 saturated carbocycles. The molecule has 2 amide bonds. The molecular formula is C14H11Cl3N2O2. The molecule has 2 aromatic carbocycles. The number of amides is 2. The molecule has 0 aromatic heterocycles. The molecule has 21 heavy (non-hydrogen) atoms. The maximum atomic E-state index is 12.0. The summed E-state index contributed by atoms with van der Waals surface area (Å²) in [5, 5.41) is 6.57. The summed E-state index contributed by atoms with van der Waals surface area (Å²) in [5.41, 5.74) is 0.850. The van der Waals surface area contributed by atoms with Gasteiger partial charge in [0.15, 0.2) is 0 Å². The molecule has 0 atom stereocenters. The molecule has 0 aliphatic carbocycles. The molecule has 2 N–H and O–H groups in total. The van der Waals surface area contributed by atoms with Crippen LogP contribution < -0.4 is 15.4 Å². The Balaban J connectivity index is 2.15. The van der Waals surface area contributed by atoms with Gasteiger partial charge in [-0.2, -0.15) is 0 Å². The molecule has 0 unspecified atom stereocenters. The highest BCUT2D eigenvalue weighted by Crippen LogP contribution is 2.29. The standard InChI is InChI=1S/C14H11Cl3N2O2/c1-21-13-5-3-9(16)7-12(13)19-14(20)18-11-6-8(15)2-4-10(11)17/h2-7H,1H3,(H2,18,19,20). The summed E-state index contributed by atoms with van der Waals surface area (Å²) in [6.07, 6.45) is 0. The Labute approximate surface area is 137 Å². The van der Waals surface area contributed by atoms with E-state index in [9.17, 15) is 4.79 Å². The molecule has 0 bridgehead atoms. The fourth-order valence-electron chi connectivity index (χ4n) is 1.65. The predicted octanol–water partition coefficient (Wildman–Crippen LogP) is 5.30. The van der Waals surface area contributed by atoms with Gasteiger partial charge in [0.1, 0.15) is 5.75 Å². The fourth-order valence-corrected chi connectivity index (χ4v) is 2.16. The molecule has 2 rings (SSSR count). The molecule has 7 heteroatoms. The van der Waals surface area contributed by atoms with E-state index in [-0.39, 0.29) is 0 Å². The second-order valence-corrected chi connectivity index (χ2v) is 5.33. The van der Waals surface area contributed by atoms with Gasteiger partial charge in [-0.15, -0.1) is 0 Å². The smallest absolute Gasteiger partial charge is 0.323 e. The molecule has 2 aromatic rings. The lowest BCUT2D eigenvalue weighted by molar-refractivity contribution is 0.262. The van der Waals surface area contributed by atoms with Crippen LogP contribution in [0.3, 0.4) is 0 Å². The number of benzene rings is 2. The topological polar surface area (TPSA) is 50.4 Å². The Hall–Kier alpha value is -1.62. The summed E-state index contributed by atoms with van der Waals surface area (Å²) in [4.78, 5) is 12.0. The van der Waals surface area contributed by atoms with Crippen molar-refractivity contribution in [1.82, 2.24) is 0 Å². The number of halogens is 3. The molecule has 0 saturated heterocycles.